The number of rotatable bonds is 8. The molecule has 0 heterocycles. The van der Waals surface area contributed by atoms with E-state index in [2.05, 4.69) is 5.32 Å². The molecule has 7 heteroatoms. The van der Waals surface area contributed by atoms with E-state index < -0.39 is 10.0 Å². The molecule has 0 spiro atoms. The summed E-state index contributed by atoms with van der Waals surface area (Å²) in [6.07, 6.45) is 1.10. The number of hydrogen-bond donors (Lipinski definition) is 1. The van der Waals surface area contributed by atoms with Crippen molar-refractivity contribution in [2.75, 3.05) is 23.7 Å². The van der Waals surface area contributed by atoms with E-state index in [0.717, 1.165) is 33.0 Å². The van der Waals surface area contributed by atoms with Crippen LogP contribution in [0.3, 0.4) is 0 Å². The van der Waals surface area contributed by atoms with Crippen LogP contribution in [0.25, 0.3) is 0 Å². The van der Waals surface area contributed by atoms with Gasteiger partial charge in [0.2, 0.25) is 15.9 Å². The second kappa shape index (κ2) is 9.10. The summed E-state index contributed by atoms with van der Waals surface area (Å²) in [6.45, 7) is 7.87. The van der Waals surface area contributed by atoms with Crippen LogP contribution in [0.2, 0.25) is 0 Å². The Bertz CT molecular complexity index is 904. The average molecular weight is 405 g/mol. The van der Waals surface area contributed by atoms with Gasteiger partial charge in [-0.3, -0.25) is 9.10 Å². The summed E-state index contributed by atoms with van der Waals surface area (Å²) in [6, 6.07) is 12.7. The van der Waals surface area contributed by atoms with Crippen molar-refractivity contribution in [3.8, 4) is 5.75 Å². The standard InChI is InChI=1S/C21H28N2O4S/c1-6-27-20-9-7-18(8-10-20)17(4)22-21(24)14-23(28(5,25)26)19-12-15(2)11-16(3)13-19/h7-13,17H,6,14H2,1-5H3,(H,22,24)/t17-/m0/s1. The predicted molar refractivity (Wildman–Crippen MR) is 112 cm³/mol. The number of anilines is 1. The van der Waals surface area contributed by atoms with Gasteiger partial charge >= 0.3 is 0 Å². The lowest BCUT2D eigenvalue weighted by molar-refractivity contribution is -0.120. The highest BCUT2D eigenvalue weighted by Crippen LogP contribution is 2.22. The molecule has 2 rings (SSSR count). The van der Waals surface area contributed by atoms with Crippen LogP contribution in [0.15, 0.2) is 42.5 Å². The maximum Gasteiger partial charge on any atom is 0.241 e. The van der Waals surface area contributed by atoms with Gasteiger partial charge in [-0.25, -0.2) is 8.42 Å². The molecule has 2 aromatic carbocycles. The predicted octanol–water partition coefficient (Wildman–Crippen LogP) is 3.35. The molecule has 6 nitrogen and oxygen atoms in total. The molecular formula is C21H28N2O4S. The lowest BCUT2D eigenvalue weighted by Crippen LogP contribution is -2.41. The largest absolute Gasteiger partial charge is 0.494 e. The van der Waals surface area contributed by atoms with Crippen molar-refractivity contribution in [3.05, 3.63) is 59.2 Å². The second-order valence-electron chi connectivity index (χ2n) is 6.91. The Balaban J connectivity index is 2.13. The Kier molecular flexibility index (Phi) is 7.07. The number of hydrogen-bond acceptors (Lipinski definition) is 4. The molecule has 0 aliphatic carbocycles. The van der Waals surface area contributed by atoms with Crippen molar-refractivity contribution in [2.45, 2.75) is 33.7 Å². The Morgan fingerprint density at radius 3 is 2.18 bits per heavy atom. The number of benzene rings is 2. The summed E-state index contributed by atoms with van der Waals surface area (Å²) < 4.78 is 31.1. The Morgan fingerprint density at radius 1 is 1.11 bits per heavy atom. The lowest BCUT2D eigenvalue weighted by atomic mass is 10.1. The molecule has 1 N–H and O–H groups in total. The van der Waals surface area contributed by atoms with Gasteiger partial charge in [0.15, 0.2) is 0 Å². The minimum absolute atomic E-state index is 0.260. The molecule has 0 saturated carbocycles. The molecular weight excluding hydrogens is 376 g/mol. The summed E-state index contributed by atoms with van der Waals surface area (Å²) in [5.41, 5.74) is 3.27. The fraction of sp³-hybridized carbons (Fsp3) is 0.381. The van der Waals surface area contributed by atoms with Crippen LogP contribution >= 0.6 is 0 Å². The molecule has 2 aromatic rings. The molecule has 1 amide bonds. The molecule has 1 atom stereocenters. The van der Waals surface area contributed by atoms with Crippen molar-refractivity contribution in [2.24, 2.45) is 0 Å². The van der Waals surface area contributed by atoms with E-state index >= 15 is 0 Å². The SMILES string of the molecule is CCOc1ccc([C@H](C)NC(=O)CN(c2cc(C)cc(C)c2)S(C)(=O)=O)cc1. The first-order chi connectivity index (χ1) is 13.1. The number of nitrogens with zero attached hydrogens (tertiary/aromatic N) is 1. The summed E-state index contributed by atoms with van der Waals surface area (Å²) >= 11 is 0. The summed E-state index contributed by atoms with van der Waals surface area (Å²) in [5, 5.41) is 2.86. The van der Waals surface area contributed by atoms with Crippen molar-refractivity contribution in [1.29, 1.82) is 0 Å². The molecule has 0 saturated heterocycles. The number of sulfonamides is 1. The number of aryl methyl sites for hydroxylation is 2. The van der Waals surface area contributed by atoms with Crippen LogP contribution in [0.4, 0.5) is 5.69 Å². The van der Waals surface area contributed by atoms with Gasteiger partial charge in [-0.1, -0.05) is 18.2 Å². The molecule has 0 fully saturated rings. The van der Waals surface area contributed by atoms with Crippen molar-refractivity contribution >= 4 is 21.6 Å². The van der Waals surface area contributed by atoms with E-state index in [1.165, 1.54) is 0 Å². The molecule has 0 aromatic heterocycles. The van der Waals surface area contributed by atoms with Crippen LogP contribution < -0.4 is 14.4 Å². The fourth-order valence-corrected chi connectivity index (χ4v) is 3.86. The van der Waals surface area contributed by atoms with Gasteiger partial charge in [0.1, 0.15) is 12.3 Å². The van der Waals surface area contributed by atoms with Crippen molar-refractivity contribution in [3.63, 3.8) is 0 Å². The number of ether oxygens (including phenoxy) is 1. The smallest absolute Gasteiger partial charge is 0.241 e. The highest BCUT2D eigenvalue weighted by molar-refractivity contribution is 7.92. The van der Waals surface area contributed by atoms with Crippen LogP contribution in [0, 0.1) is 13.8 Å². The van der Waals surface area contributed by atoms with Crippen LogP contribution in [-0.4, -0.2) is 33.7 Å². The lowest BCUT2D eigenvalue weighted by Gasteiger charge is -2.24. The second-order valence-corrected chi connectivity index (χ2v) is 8.81. The van der Waals surface area contributed by atoms with Gasteiger partial charge < -0.3 is 10.1 Å². The van der Waals surface area contributed by atoms with E-state index in [1.807, 2.05) is 58.0 Å². The maximum absolute atomic E-state index is 12.6. The number of nitrogens with one attached hydrogen (secondary N) is 1. The third-order valence-electron chi connectivity index (χ3n) is 4.25. The van der Waals surface area contributed by atoms with E-state index in [1.54, 1.807) is 12.1 Å². The zero-order valence-electron chi connectivity index (χ0n) is 17.0. The first-order valence-corrected chi connectivity index (χ1v) is 11.0. The summed E-state index contributed by atoms with van der Waals surface area (Å²) in [7, 11) is -3.60. The first-order valence-electron chi connectivity index (χ1n) is 9.18. The minimum Gasteiger partial charge on any atom is -0.494 e. The Labute approximate surface area is 167 Å². The maximum atomic E-state index is 12.6. The Morgan fingerprint density at radius 2 is 1.68 bits per heavy atom. The third-order valence-corrected chi connectivity index (χ3v) is 5.39. The molecule has 0 aliphatic rings. The van der Waals surface area contributed by atoms with E-state index in [9.17, 15) is 13.2 Å². The Hall–Kier alpha value is -2.54. The van der Waals surface area contributed by atoms with Gasteiger partial charge in [0, 0.05) is 0 Å². The van der Waals surface area contributed by atoms with Gasteiger partial charge in [0.25, 0.3) is 0 Å². The highest BCUT2D eigenvalue weighted by atomic mass is 32.2. The summed E-state index contributed by atoms with van der Waals surface area (Å²) in [4.78, 5) is 12.6. The topological polar surface area (TPSA) is 75.7 Å². The van der Waals surface area contributed by atoms with Gasteiger partial charge in [-0.2, -0.15) is 0 Å². The van der Waals surface area contributed by atoms with E-state index in [-0.39, 0.29) is 18.5 Å². The zero-order chi connectivity index (χ0) is 20.9. The number of carbonyl (C=O) groups excluding carboxylic acids is 1. The fourth-order valence-electron chi connectivity index (χ4n) is 3.01. The normalized spacial score (nSPS) is 12.3. The van der Waals surface area contributed by atoms with E-state index in [4.69, 9.17) is 4.74 Å². The highest BCUT2D eigenvalue weighted by Gasteiger charge is 2.22. The van der Waals surface area contributed by atoms with Crippen molar-refractivity contribution in [1.82, 2.24) is 5.32 Å². The number of carbonyl (C=O) groups is 1. The minimum atomic E-state index is -3.60. The first kappa shape index (κ1) is 21.8. The molecule has 0 radical (unpaired) electrons. The van der Waals surface area contributed by atoms with Gasteiger partial charge in [-0.05, 0) is 68.7 Å². The monoisotopic (exact) mass is 404 g/mol. The molecule has 0 unspecified atom stereocenters. The van der Waals surface area contributed by atoms with Crippen LogP contribution in [-0.2, 0) is 14.8 Å². The molecule has 0 aliphatic heterocycles. The molecule has 0 bridgehead atoms. The zero-order valence-corrected chi connectivity index (χ0v) is 17.8. The quantitative estimate of drug-likeness (QED) is 0.732. The van der Waals surface area contributed by atoms with Gasteiger partial charge in [-0.15, -0.1) is 0 Å². The molecule has 28 heavy (non-hydrogen) atoms. The third kappa shape index (κ3) is 5.99. The molecule has 152 valence electrons. The van der Waals surface area contributed by atoms with Crippen LogP contribution in [0.1, 0.15) is 36.6 Å². The average Bonchev–Trinajstić information content (AvgIpc) is 2.58. The van der Waals surface area contributed by atoms with Gasteiger partial charge in [0.05, 0.1) is 24.6 Å². The summed E-state index contributed by atoms with van der Waals surface area (Å²) in [5.74, 6) is 0.397. The van der Waals surface area contributed by atoms with Crippen LogP contribution in [0.5, 0.6) is 5.75 Å². The van der Waals surface area contributed by atoms with E-state index in [0.29, 0.717) is 12.3 Å². The van der Waals surface area contributed by atoms with Crippen molar-refractivity contribution < 1.29 is 17.9 Å². The number of amides is 1.